The van der Waals surface area contributed by atoms with E-state index in [1.807, 2.05) is 32.9 Å². The lowest BCUT2D eigenvalue weighted by Crippen LogP contribution is -2.18. The zero-order chi connectivity index (χ0) is 21.1. The molecule has 0 radical (unpaired) electrons. The van der Waals surface area contributed by atoms with Gasteiger partial charge in [0.2, 0.25) is 0 Å². The molecule has 1 aromatic carbocycles. The van der Waals surface area contributed by atoms with Gasteiger partial charge in [0.05, 0.1) is 5.69 Å². The Morgan fingerprint density at radius 1 is 1.17 bits per heavy atom. The van der Waals surface area contributed by atoms with Crippen LogP contribution in [0.3, 0.4) is 0 Å². The zero-order valence-electron chi connectivity index (χ0n) is 17.7. The summed E-state index contributed by atoms with van der Waals surface area (Å²) in [5.74, 6) is -1.03. The molecule has 0 bridgehead atoms. The van der Waals surface area contributed by atoms with Gasteiger partial charge in [0.1, 0.15) is 0 Å². The van der Waals surface area contributed by atoms with E-state index in [9.17, 15) is 9.90 Å². The largest absolute Gasteiger partial charge is 0.477 e. The molecule has 0 saturated heterocycles. The van der Waals surface area contributed by atoms with Crippen molar-refractivity contribution in [2.45, 2.75) is 53.5 Å². The van der Waals surface area contributed by atoms with Crippen molar-refractivity contribution in [3.63, 3.8) is 0 Å². The summed E-state index contributed by atoms with van der Waals surface area (Å²) in [6, 6.07) is 10.0. The molecule has 4 rings (SSSR count). The van der Waals surface area contributed by atoms with Crippen LogP contribution in [0, 0.1) is 0 Å². The van der Waals surface area contributed by atoms with Gasteiger partial charge in [-0.2, -0.15) is 5.10 Å². The second-order valence-corrected chi connectivity index (χ2v) is 6.83. The van der Waals surface area contributed by atoms with Gasteiger partial charge >= 0.3 is 5.97 Å². The number of aromatic carboxylic acids is 1. The molecule has 29 heavy (non-hydrogen) atoms. The predicted molar refractivity (Wildman–Crippen MR) is 117 cm³/mol. The normalized spacial score (nSPS) is 15.1. The molecular weight excluding hydrogens is 364 g/mol. The average molecular weight is 393 g/mol. The van der Waals surface area contributed by atoms with Gasteiger partial charge < -0.3 is 10.4 Å². The van der Waals surface area contributed by atoms with Gasteiger partial charge in [-0.1, -0.05) is 39.8 Å². The zero-order valence-corrected chi connectivity index (χ0v) is 17.7. The van der Waals surface area contributed by atoms with Crippen molar-refractivity contribution >= 4 is 22.9 Å². The van der Waals surface area contributed by atoms with Crippen molar-refractivity contribution in [1.82, 2.24) is 14.6 Å². The van der Waals surface area contributed by atoms with E-state index in [0.717, 1.165) is 29.1 Å². The third-order valence-corrected chi connectivity index (χ3v) is 4.96. The number of hydrogen-bond donors (Lipinski definition) is 2. The SMILES string of the molecule is CC.CCC1=CC(C)Nc2ccc(-c3cc4nc(C(=O)O)cc(CC)n4n3)cc21. The lowest BCUT2D eigenvalue weighted by molar-refractivity contribution is 0.0690. The first-order valence-corrected chi connectivity index (χ1v) is 10.2. The number of nitrogens with one attached hydrogen (secondary N) is 1. The van der Waals surface area contributed by atoms with Crippen molar-refractivity contribution in [2.24, 2.45) is 0 Å². The minimum absolute atomic E-state index is 0.0469. The van der Waals surface area contributed by atoms with Crippen LogP contribution in [0.2, 0.25) is 0 Å². The maximum Gasteiger partial charge on any atom is 0.354 e. The van der Waals surface area contributed by atoms with Crippen molar-refractivity contribution in [3.8, 4) is 11.3 Å². The van der Waals surface area contributed by atoms with Crippen molar-refractivity contribution < 1.29 is 9.90 Å². The van der Waals surface area contributed by atoms with Crippen LogP contribution in [0.5, 0.6) is 0 Å². The second-order valence-electron chi connectivity index (χ2n) is 6.83. The number of carboxylic acids is 1. The highest BCUT2D eigenvalue weighted by Crippen LogP contribution is 2.35. The number of nitrogens with zero attached hydrogens (tertiary/aromatic N) is 3. The first kappa shape index (κ1) is 20.6. The molecule has 2 aromatic heterocycles. The maximum absolute atomic E-state index is 11.3. The molecule has 0 amide bonds. The standard InChI is InChI=1S/C21H22N4O2.C2H6/c1-4-13-8-12(3)22-17-7-6-14(9-16(13)17)18-11-20-23-19(21(26)27)10-15(5-2)25(20)24-18;1-2/h6-12,22H,4-5H2,1-3H3,(H,26,27);1-2H3. The number of rotatable bonds is 4. The van der Waals surface area contributed by atoms with Gasteiger partial charge in [0.15, 0.2) is 11.3 Å². The molecule has 1 unspecified atom stereocenters. The summed E-state index contributed by atoms with van der Waals surface area (Å²) in [6.45, 7) is 10.3. The number of allylic oxidation sites excluding steroid dienone is 1. The Labute approximate surface area is 171 Å². The van der Waals surface area contributed by atoms with Crippen LogP contribution < -0.4 is 5.32 Å². The van der Waals surface area contributed by atoms with E-state index in [1.54, 1.807) is 10.6 Å². The molecule has 2 N–H and O–H groups in total. The Bertz CT molecular complexity index is 1080. The van der Waals surface area contributed by atoms with E-state index in [0.29, 0.717) is 18.1 Å². The quantitative estimate of drug-likeness (QED) is 0.630. The average Bonchev–Trinajstić information content (AvgIpc) is 3.17. The van der Waals surface area contributed by atoms with Crippen LogP contribution in [0.15, 0.2) is 36.4 Å². The summed E-state index contributed by atoms with van der Waals surface area (Å²) >= 11 is 0. The molecule has 152 valence electrons. The van der Waals surface area contributed by atoms with Crippen LogP contribution in [0.1, 0.15) is 62.8 Å². The molecule has 0 spiro atoms. The van der Waals surface area contributed by atoms with Gasteiger partial charge in [0, 0.05) is 34.6 Å². The Morgan fingerprint density at radius 2 is 1.93 bits per heavy atom. The topological polar surface area (TPSA) is 79.5 Å². The molecule has 3 aromatic rings. The number of carbonyl (C=O) groups is 1. The van der Waals surface area contributed by atoms with Gasteiger partial charge in [-0.3, -0.25) is 0 Å². The lowest BCUT2D eigenvalue weighted by atomic mass is 9.93. The fourth-order valence-electron chi connectivity index (χ4n) is 3.62. The molecule has 0 aliphatic carbocycles. The molecule has 3 heterocycles. The highest BCUT2D eigenvalue weighted by molar-refractivity contribution is 5.86. The maximum atomic E-state index is 11.3. The monoisotopic (exact) mass is 392 g/mol. The summed E-state index contributed by atoms with van der Waals surface area (Å²) in [4.78, 5) is 15.6. The lowest BCUT2D eigenvalue weighted by Gasteiger charge is -2.24. The van der Waals surface area contributed by atoms with Gasteiger partial charge in [-0.15, -0.1) is 0 Å². The number of fused-ring (bicyclic) bond motifs is 2. The van der Waals surface area contributed by atoms with Gasteiger partial charge in [-0.25, -0.2) is 14.3 Å². The number of aromatic nitrogens is 3. The van der Waals surface area contributed by atoms with E-state index in [1.165, 1.54) is 11.1 Å². The summed E-state index contributed by atoms with van der Waals surface area (Å²) in [5.41, 5.74) is 6.86. The highest BCUT2D eigenvalue weighted by Gasteiger charge is 2.18. The smallest absolute Gasteiger partial charge is 0.354 e. The summed E-state index contributed by atoms with van der Waals surface area (Å²) in [7, 11) is 0. The van der Waals surface area contributed by atoms with E-state index in [2.05, 4.69) is 42.4 Å². The van der Waals surface area contributed by atoms with Gasteiger partial charge in [-0.05, 0) is 43.5 Å². The summed E-state index contributed by atoms with van der Waals surface area (Å²) in [6.07, 6.45) is 3.90. The third-order valence-electron chi connectivity index (χ3n) is 4.96. The number of aryl methyl sites for hydroxylation is 1. The van der Waals surface area contributed by atoms with Crippen molar-refractivity contribution in [1.29, 1.82) is 0 Å². The fourth-order valence-corrected chi connectivity index (χ4v) is 3.62. The summed E-state index contributed by atoms with van der Waals surface area (Å²) < 4.78 is 1.73. The Kier molecular flexibility index (Phi) is 6.01. The van der Waals surface area contributed by atoms with Crippen LogP contribution in [0.4, 0.5) is 5.69 Å². The molecular formula is C23H28N4O2. The predicted octanol–water partition coefficient (Wildman–Crippen LogP) is 5.29. The summed E-state index contributed by atoms with van der Waals surface area (Å²) in [5, 5.41) is 17.5. The van der Waals surface area contributed by atoms with Crippen LogP contribution >= 0.6 is 0 Å². The number of benzene rings is 1. The first-order chi connectivity index (χ1) is 14.0. The molecule has 6 nitrogen and oxygen atoms in total. The molecule has 6 heteroatoms. The van der Waals surface area contributed by atoms with Crippen molar-refractivity contribution in [2.75, 3.05) is 5.32 Å². The van der Waals surface area contributed by atoms with Crippen molar-refractivity contribution in [3.05, 3.63) is 53.4 Å². The molecule has 0 fully saturated rings. The minimum atomic E-state index is -1.03. The van der Waals surface area contributed by atoms with Crippen LogP contribution in [0.25, 0.3) is 22.5 Å². The van der Waals surface area contributed by atoms with E-state index >= 15 is 0 Å². The van der Waals surface area contributed by atoms with E-state index in [-0.39, 0.29) is 5.69 Å². The molecule has 1 atom stereocenters. The first-order valence-electron chi connectivity index (χ1n) is 10.2. The molecule has 1 aliphatic heterocycles. The number of anilines is 1. The Balaban J connectivity index is 0.00000117. The van der Waals surface area contributed by atoms with Gasteiger partial charge in [0.25, 0.3) is 0 Å². The number of carboxylic acid groups (broad SMARTS) is 1. The Morgan fingerprint density at radius 3 is 2.59 bits per heavy atom. The van der Waals surface area contributed by atoms with Crippen LogP contribution in [-0.2, 0) is 6.42 Å². The Hall–Kier alpha value is -3.15. The third kappa shape index (κ3) is 3.88. The fraction of sp³-hybridized carbons (Fsp3) is 0.348. The highest BCUT2D eigenvalue weighted by atomic mass is 16.4. The van der Waals surface area contributed by atoms with E-state index < -0.39 is 5.97 Å². The van der Waals surface area contributed by atoms with E-state index in [4.69, 9.17) is 5.10 Å². The second kappa shape index (κ2) is 8.47. The minimum Gasteiger partial charge on any atom is -0.477 e. The molecule has 1 aliphatic rings. The molecule has 0 saturated carbocycles. The number of hydrogen-bond acceptors (Lipinski definition) is 4. The van der Waals surface area contributed by atoms with Crippen LogP contribution in [-0.4, -0.2) is 31.7 Å².